The SMILES string of the molecule is CCN1C[C@@H](OC)C(C)(C)C(C)=C1C(C)N1CCOCC1. The lowest BCUT2D eigenvalue weighted by Gasteiger charge is -2.49. The summed E-state index contributed by atoms with van der Waals surface area (Å²) in [4.78, 5) is 5.06. The number of nitrogens with zero attached hydrogens (tertiary/aromatic N) is 2. The van der Waals surface area contributed by atoms with E-state index in [-0.39, 0.29) is 11.5 Å². The zero-order chi connectivity index (χ0) is 15.6. The van der Waals surface area contributed by atoms with Crippen LogP contribution in [0.4, 0.5) is 0 Å². The second-order valence-corrected chi connectivity index (χ2v) is 6.82. The Balaban J connectivity index is 2.32. The highest BCUT2D eigenvalue weighted by Gasteiger charge is 2.41. The third kappa shape index (κ3) is 3.13. The molecule has 1 saturated heterocycles. The summed E-state index contributed by atoms with van der Waals surface area (Å²) < 4.78 is 11.3. The highest BCUT2D eigenvalue weighted by molar-refractivity contribution is 5.27. The summed E-state index contributed by atoms with van der Waals surface area (Å²) >= 11 is 0. The highest BCUT2D eigenvalue weighted by Crippen LogP contribution is 2.41. The molecule has 122 valence electrons. The van der Waals surface area contributed by atoms with Crippen molar-refractivity contribution in [3.8, 4) is 0 Å². The minimum atomic E-state index is 0.0936. The first-order chi connectivity index (χ1) is 9.93. The maximum atomic E-state index is 5.77. The summed E-state index contributed by atoms with van der Waals surface area (Å²) in [6.45, 7) is 17.3. The van der Waals surface area contributed by atoms with Gasteiger partial charge in [0.05, 0.1) is 19.3 Å². The van der Waals surface area contributed by atoms with Crippen LogP contribution in [0.15, 0.2) is 11.3 Å². The van der Waals surface area contributed by atoms with Gasteiger partial charge in [0.2, 0.25) is 0 Å². The molecule has 21 heavy (non-hydrogen) atoms. The van der Waals surface area contributed by atoms with Gasteiger partial charge < -0.3 is 14.4 Å². The maximum absolute atomic E-state index is 5.77. The van der Waals surface area contributed by atoms with E-state index in [0.717, 1.165) is 39.4 Å². The predicted molar refractivity (Wildman–Crippen MR) is 86.4 cm³/mol. The average Bonchev–Trinajstić information content (AvgIpc) is 2.50. The van der Waals surface area contributed by atoms with Crippen molar-refractivity contribution in [2.75, 3.05) is 46.5 Å². The van der Waals surface area contributed by atoms with Gasteiger partial charge in [0.25, 0.3) is 0 Å². The van der Waals surface area contributed by atoms with E-state index in [2.05, 4.69) is 44.4 Å². The fraction of sp³-hybridized carbons (Fsp3) is 0.882. The molecule has 4 heteroatoms. The Morgan fingerprint density at radius 1 is 1.33 bits per heavy atom. The van der Waals surface area contributed by atoms with Crippen LogP contribution in [-0.2, 0) is 9.47 Å². The average molecular weight is 296 g/mol. The molecule has 0 aromatic rings. The summed E-state index contributed by atoms with van der Waals surface area (Å²) in [5.74, 6) is 0. The first-order valence-electron chi connectivity index (χ1n) is 8.24. The number of methoxy groups -OCH3 is 1. The molecule has 1 fully saturated rings. The van der Waals surface area contributed by atoms with Crippen molar-refractivity contribution in [3.63, 3.8) is 0 Å². The molecule has 0 aromatic carbocycles. The predicted octanol–water partition coefficient (Wildman–Crippen LogP) is 2.36. The third-order valence-corrected chi connectivity index (χ3v) is 5.54. The molecule has 0 aliphatic carbocycles. The summed E-state index contributed by atoms with van der Waals surface area (Å²) in [5, 5.41) is 0. The Morgan fingerprint density at radius 3 is 2.48 bits per heavy atom. The zero-order valence-electron chi connectivity index (χ0n) is 14.6. The van der Waals surface area contributed by atoms with Gasteiger partial charge >= 0.3 is 0 Å². The van der Waals surface area contributed by atoms with Gasteiger partial charge in [-0.3, -0.25) is 4.90 Å². The summed E-state index contributed by atoms with van der Waals surface area (Å²) in [5.41, 5.74) is 3.06. The number of hydrogen-bond donors (Lipinski definition) is 0. The normalized spacial score (nSPS) is 28.9. The van der Waals surface area contributed by atoms with Crippen molar-refractivity contribution in [3.05, 3.63) is 11.3 Å². The quantitative estimate of drug-likeness (QED) is 0.795. The molecule has 0 aromatic heterocycles. The lowest BCUT2D eigenvalue weighted by atomic mass is 9.74. The van der Waals surface area contributed by atoms with Crippen molar-refractivity contribution < 1.29 is 9.47 Å². The molecule has 1 unspecified atom stereocenters. The second-order valence-electron chi connectivity index (χ2n) is 6.82. The van der Waals surface area contributed by atoms with Gasteiger partial charge in [-0.1, -0.05) is 13.8 Å². The van der Waals surface area contributed by atoms with Gasteiger partial charge in [0, 0.05) is 50.4 Å². The van der Waals surface area contributed by atoms with Crippen LogP contribution >= 0.6 is 0 Å². The van der Waals surface area contributed by atoms with E-state index in [0.29, 0.717) is 6.04 Å². The van der Waals surface area contributed by atoms with Crippen molar-refractivity contribution in [1.29, 1.82) is 0 Å². The fourth-order valence-corrected chi connectivity index (χ4v) is 3.72. The molecular weight excluding hydrogens is 264 g/mol. The molecule has 4 nitrogen and oxygen atoms in total. The van der Waals surface area contributed by atoms with Crippen LogP contribution in [0.1, 0.15) is 34.6 Å². The second kappa shape index (κ2) is 6.67. The Kier molecular flexibility index (Phi) is 5.33. The molecule has 2 atom stereocenters. The smallest absolute Gasteiger partial charge is 0.0834 e. The molecular formula is C17H32N2O2. The van der Waals surface area contributed by atoms with Crippen LogP contribution < -0.4 is 0 Å². The molecule has 0 spiro atoms. The van der Waals surface area contributed by atoms with Crippen molar-refractivity contribution in [2.45, 2.75) is 46.8 Å². The lowest BCUT2D eigenvalue weighted by molar-refractivity contribution is -0.0201. The Morgan fingerprint density at radius 2 is 1.95 bits per heavy atom. The first-order valence-corrected chi connectivity index (χ1v) is 8.24. The van der Waals surface area contributed by atoms with Crippen LogP contribution in [0, 0.1) is 5.41 Å². The van der Waals surface area contributed by atoms with E-state index in [9.17, 15) is 0 Å². The lowest BCUT2D eigenvalue weighted by Crippen LogP contribution is -2.53. The van der Waals surface area contributed by atoms with Crippen LogP contribution in [0.25, 0.3) is 0 Å². The number of hydrogen-bond acceptors (Lipinski definition) is 4. The highest BCUT2D eigenvalue weighted by atomic mass is 16.5. The summed E-state index contributed by atoms with van der Waals surface area (Å²) in [7, 11) is 1.84. The van der Waals surface area contributed by atoms with E-state index in [1.165, 1.54) is 11.3 Å². The van der Waals surface area contributed by atoms with Crippen LogP contribution in [-0.4, -0.2) is 68.4 Å². The van der Waals surface area contributed by atoms with Gasteiger partial charge in [-0.05, 0) is 26.3 Å². The van der Waals surface area contributed by atoms with E-state index in [1.54, 1.807) is 0 Å². The Labute approximate surface area is 130 Å². The number of ether oxygens (including phenoxy) is 2. The van der Waals surface area contributed by atoms with E-state index in [1.807, 2.05) is 7.11 Å². The monoisotopic (exact) mass is 296 g/mol. The van der Waals surface area contributed by atoms with Crippen LogP contribution in [0.3, 0.4) is 0 Å². The molecule has 0 N–H and O–H groups in total. The van der Waals surface area contributed by atoms with E-state index in [4.69, 9.17) is 9.47 Å². The molecule has 0 saturated carbocycles. The van der Waals surface area contributed by atoms with Gasteiger partial charge in [0.15, 0.2) is 0 Å². The van der Waals surface area contributed by atoms with Crippen molar-refractivity contribution >= 4 is 0 Å². The van der Waals surface area contributed by atoms with Crippen molar-refractivity contribution in [1.82, 2.24) is 9.80 Å². The fourth-order valence-electron chi connectivity index (χ4n) is 3.72. The van der Waals surface area contributed by atoms with Crippen molar-refractivity contribution in [2.24, 2.45) is 5.41 Å². The first kappa shape index (κ1) is 16.8. The van der Waals surface area contributed by atoms with Gasteiger partial charge in [-0.2, -0.15) is 0 Å². The van der Waals surface area contributed by atoms with Crippen LogP contribution in [0.5, 0.6) is 0 Å². The molecule has 0 bridgehead atoms. The minimum absolute atomic E-state index is 0.0936. The Hall–Kier alpha value is -0.580. The number of rotatable bonds is 4. The minimum Gasteiger partial charge on any atom is -0.379 e. The summed E-state index contributed by atoms with van der Waals surface area (Å²) in [6.07, 6.45) is 0.262. The standard InChI is InChI=1S/C17H32N2O2/c1-7-18-12-15(20-6)17(4,5)13(2)16(18)14(3)19-8-10-21-11-9-19/h14-15H,7-12H2,1-6H3/t14?,15-/m1/s1. The van der Waals surface area contributed by atoms with Gasteiger partial charge in [-0.15, -0.1) is 0 Å². The van der Waals surface area contributed by atoms with E-state index >= 15 is 0 Å². The molecule has 0 radical (unpaired) electrons. The van der Waals surface area contributed by atoms with Crippen LogP contribution in [0.2, 0.25) is 0 Å². The molecule has 2 aliphatic heterocycles. The van der Waals surface area contributed by atoms with E-state index < -0.39 is 0 Å². The Bertz CT molecular complexity index is 386. The number of morpholine rings is 1. The maximum Gasteiger partial charge on any atom is 0.0834 e. The third-order valence-electron chi connectivity index (χ3n) is 5.54. The molecule has 2 rings (SSSR count). The molecule has 0 amide bonds. The largest absolute Gasteiger partial charge is 0.379 e. The molecule has 2 aliphatic rings. The van der Waals surface area contributed by atoms with Gasteiger partial charge in [0.1, 0.15) is 0 Å². The molecule has 2 heterocycles. The zero-order valence-corrected chi connectivity index (χ0v) is 14.6. The van der Waals surface area contributed by atoms with Gasteiger partial charge in [-0.25, -0.2) is 0 Å². The number of likely N-dealkylation sites (N-methyl/N-ethyl adjacent to an activating group) is 1. The summed E-state index contributed by atoms with van der Waals surface area (Å²) in [6, 6.07) is 0.450. The topological polar surface area (TPSA) is 24.9 Å².